The van der Waals surface area contributed by atoms with E-state index in [-0.39, 0.29) is 0 Å². The highest BCUT2D eigenvalue weighted by molar-refractivity contribution is 5.64. The molecule has 0 aromatic carbocycles. The minimum atomic E-state index is -1.32. The van der Waals surface area contributed by atoms with Crippen LogP contribution >= 0.6 is 0 Å². The van der Waals surface area contributed by atoms with E-state index in [2.05, 4.69) is 5.16 Å². The van der Waals surface area contributed by atoms with E-state index in [1.807, 2.05) is 0 Å². The largest absolute Gasteiger partial charge is 0.411 e. The summed E-state index contributed by atoms with van der Waals surface area (Å²) in [6.07, 6.45) is -5.05. The van der Waals surface area contributed by atoms with Gasteiger partial charge in [-0.2, -0.15) is 0 Å². The van der Waals surface area contributed by atoms with Crippen molar-refractivity contribution in [3.05, 3.63) is 0 Å². The Balaban J connectivity index is 2.66. The number of aliphatic hydroxyl groups excluding tert-OH is 4. The number of rotatable bonds is 3. The quantitative estimate of drug-likeness (QED) is 0.195. The fourth-order valence-corrected chi connectivity index (χ4v) is 1.34. The van der Waals surface area contributed by atoms with Crippen LogP contribution in [0.5, 0.6) is 0 Å². The first kappa shape index (κ1) is 11.3. The molecule has 0 saturated carbocycles. The van der Waals surface area contributed by atoms with Crippen molar-refractivity contribution in [3.63, 3.8) is 0 Å². The van der Waals surface area contributed by atoms with Crippen LogP contribution in [0.2, 0.25) is 0 Å². The van der Waals surface area contributed by atoms with E-state index < -0.39 is 37.1 Å². The van der Waals surface area contributed by atoms with Crippen molar-refractivity contribution in [1.29, 1.82) is 0 Å². The molecule has 1 fully saturated rings. The van der Waals surface area contributed by atoms with Gasteiger partial charge in [0.05, 0.1) is 12.8 Å². The van der Waals surface area contributed by atoms with E-state index >= 15 is 0 Å². The summed E-state index contributed by atoms with van der Waals surface area (Å²) < 4.78 is 4.96. The maximum absolute atomic E-state index is 9.37. The Morgan fingerprint density at radius 2 is 2.00 bits per heavy atom. The Labute approximate surface area is 79.9 Å². The second-order valence-electron chi connectivity index (χ2n) is 3.06. The second-order valence-corrected chi connectivity index (χ2v) is 3.06. The smallest absolute Gasteiger partial charge is 0.125 e. The summed E-state index contributed by atoms with van der Waals surface area (Å²) in [4.78, 5) is 0. The van der Waals surface area contributed by atoms with Gasteiger partial charge in [-0.1, -0.05) is 5.16 Å². The summed E-state index contributed by atoms with van der Waals surface area (Å²) in [6.45, 7) is -0.586. The van der Waals surface area contributed by atoms with Crippen LogP contribution in [-0.2, 0) is 4.74 Å². The van der Waals surface area contributed by atoms with E-state index in [9.17, 15) is 15.3 Å². The Hall–Kier alpha value is -0.730. The van der Waals surface area contributed by atoms with Crippen molar-refractivity contribution < 1.29 is 30.4 Å². The number of aliphatic hydroxyl groups is 4. The molecule has 1 rings (SSSR count). The Morgan fingerprint density at radius 1 is 1.36 bits per heavy atom. The maximum Gasteiger partial charge on any atom is 0.125 e. The van der Waals surface area contributed by atoms with Gasteiger partial charge in [-0.25, -0.2) is 0 Å². The molecule has 14 heavy (non-hydrogen) atoms. The number of hydrogen-bond acceptors (Lipinski definition) is 7. The fraction of sp³-hybridized carbons (Fsp3) is 0.857. The first-order chi connectivity index (χ1) is 6.61. The summed E-state index contributed by atoms with van der Waals surface area (Å²) in [5.41, 5.74) is 0. The molecule has 0 aromatic heterocycles. The van der Waals surface area contributed by atoms with Gasteiger partial charge in [-0.05, 0) is 0 Å². The van der Waals surface area contributed by atoms with Crippen molar-refractivity contribution in [2.24, 2.45) is 5.16 Å². The van der Waals surface area contributed by atoms with Crippen molar-refractivity contribution >= 4 is 6.21 Å². The van der Waals surface area contributed by atoms with Crippen LogP contribution in [0, 0.1) is 0 Å². The van der Waals surface area contributed by atoms with Crippen LogP contribution < -0.4 is 0 Å². The van der Waals surface area contributed by atoms with Crippen LogP contribution in [0.1, 0.15) is 0 Å². The molecule has 5 N–H and O–H groups in total. The van der Waals surface area contributed by atoms with E-state index in [4.69, 9.17) is 15.1 Å². The number of ether oxygens (including phenoxy) is 1. The van der Waals surface area contributed by atoms with Crippen LogP contribution in [0.25, 0.3) is 0 Å². The zero-order valence-electron chi connectivity index (χ0n) is 7.26. The molecule has 82 valence electrons. The zero-order valence-corrected chi connectivity index (χ0v) is 7.26. The molecule has 0 spiro atoms. The lowest BCUT2D eigenvalue weighted by atomic mass is 10.0. The normalized spacial score (nSPS) is 40.6. The average Bonchev–Trinajstić information content (AvgIpc) is 2.46. The highest BCUT2D eigenvalue weighted by Gasteiger charge is 2.45. The minimum Gasteiger partial charge on any atom is -0.411 e. The lowest BCUT2D eigenvalue weighted by Gasteiger charge is -2.18. The lowest BCUT2D eigenvalue weighted by Crippen LogP contribution is -2.40. The van der Waals surface area contributed by atoms with E-state index in [1.165, 1.54) is 0 Å². The molecule has 1 aliphatic heterocycles. The molecule has 0 amide bonds. The van der Waals surface area contributed by atoms with Crippen LogP contribution in [0.4, 0.5) is 0 Å². The van der Waals surface area contributed by atoms with E-state index in [1.54, 1.807) is 0 Å². The highest BCUT2D eigenvalue weighted by Crippen LogP contribution is 2.22. The monoisotopic (exact) mass is 207 g/mol. The van der Waals surface area contributed by atoms with Gasteiger partial charge in [0.25, 0.3) is 0 Å². The predicted octanol–water partition coefficient (Wildman–Crippen LogP) is -2.71. The number of oxime groups is 1. The zero-order chi connectivity index (χ0) is 10.7. The molecule has 0 bridgehead atoms. The highest BCUT2D eigenvalue weighted by atomic mass is 16.6. The van der Waals surface area contributed by atoms with Crippen LogP contribution in [-0.4, -0.2) is 69.0 Å². The van der Waals surface area contributed by atoms with Crippen molar-refractivity contribution in [2.45, 2.75) is 30.5 Å². The third-order valence-corrected chi connectivity index (χ3v) is 2.12. The molecule has 1 heterocycles. The Kier molecular flexibility index (Phi) is 3.78. The molecule has 0 aliphatic carbocycles. The van der Waals surface area contributed by atoms with Gasteiger partial charge in [-0.3, -0.25) is 0 Å². The molecule has 5 atom stereocenters. The van der Waals surface area contributed by atoms with Gasteiger partial charge < -0.3 is 30.4 Å². The first-order valence-corrected chi connectivity index (χ1v) is 4.10. The summed E-state index contributed by atoms with van der Waals surface area (Å²) in [7, 11) is 0. The summed E-state index contributed by atoms with van der Waals surface area (Å²) >= 11 is 0. The lowest BCUT2D eigenvalue weighted by molar-refractivity contribution is -0.0730. The molecule has 0 aromatic rings. The second kappa shape index (κ2) is 4.67. The molecule has 7 nitrogen and oxygen atoms in total. The first-order valence-electron chi connectivity index (χ1n) is 4.10. The van der Waals surface area contributed by atoms with Crippen LogP contribution in [0.3, 0.4) is 0 Å². The molecular weight excluding hydrogens is 194 g/mol. The molecule has 1 saturated heterocycles. The Morgan fingerprint density at radius 3 is 2.50 bits per heavy atom. The summed E-state index contributed by atoms with van der Waals surface area (Å²) in [5, 5.41) is 47.3. The van der Waals surface area contributed by atoms with Gasteiger partial charge in [-0.15, -0.1) is 0 Å². The number of hydrogen-bond donors (Lipinski definition) is 5. The molecule has 7 heteroatoms. The van der Waals surface area contributed by atoms with Crippen molar-refractivity contribution in [2.75, 3.05) is 6.61 Å². The standard InChI is InChI=1S/C7H13NO6/c9-2-3(10)7-6(12)5(11)4(14-7)1-8-13/h1,3-7,9-13H,2H2/t3-,4?,5-,6-,7-/m1/s1. The van der Waals surface area contributed by atoms with E-state index in [0.29, 0.717) is 0 Å². The summed E-state index contributed by atoms with van der Waals surface area (Å²) in [5.74, 6) is 0. The SMILES string of the molecule is OC[C@@H](O)[C@H]1OC(C=NO)[C@@H](O)[C@H]1O. The third kappa shape index (κ3) is 2.02. The average molecular weight is 207 g/mol. The number of nitrogens with zero attached hydrogens (tertiary/aromatic N) is 1. The molecule has 0 radical (unpaired) electrons. The summed E-state index contributed by atoms with van der Waals surface area (Å²) in [6, 6.07) is 0. The third-order valence-electron chi connectivity index (χ3n) is 2.12. The fourth-order valence-electron chi connectivity index (χ4n) is 1.34. The molecule has 1 unspecified atom stereocenters. The molecular formula is C7H13NO6. The molecule has 1 aliphatic rings. The Bertz CT molecular complexity index is 210. The van der Waals surface area contributed by atoms with Gasteiger partial charge in [0.2, 0.25) is 0 Å². The van der Waals surface area contributed by atoms with Gasteiger partial charge in [0, 0.05) is 0 Å². The predicted molar refractivity (Wildman–Crippen MR) is 44.0 cm³/mol. The topological polar surface area (TPSA) is 123 Å². The minimum absolute atomic E-state index is 0.586. The maximum atomic E-state index is 9.37. The van der Waals surface area contributed by atoms with Crippen molar-refractivity contribution in [1.82, 2.24) is 0 Å². The van der Waals surface area contributed by atoms with Crippen LogP contribution in [0.15, 0.2) is 5.16 Å². The van der Waals surface area contributed by atoms with E-state index in [0.717, 1.165) is 6.21 Å². The van der Waals surface area contributed by atoms with Crippen molar-refractivity contribution in [3.8, 4) is 0 Å². The van der Waals surface area contributed by atoms with Gasteiger partial charge in [0.1, 0.15) is 30.5 Å². The van der Waals surface area contributed by atoms with Gasteiger partial charge in [0.15, 0.2) is 0 Å². The van der Waals surface area contributed by atoms with Gasteiger partial charge >= 0.3 is 0 Å².